The van der Waals surface area contributed by atoms with Crippen molar-refractivity contribution in [2.75, 3.05) is 0 Å². The average molecular weight is 247 g/mol. The molecule has 0 spiro atoms. The zero-order valence-electron chi connectivity index (χ0n) is 12.4. The van der Waals surface area contributed by atoms with Gasteiger partial charge < -0.3 is 5.32 Å². The Balaban J connectivity index is 2.58. The summed E-state index contributed by atoms with van der Waals surface area (Å²) in [5.74, 6) is 0.811. The highest BCUT2D eigenvalue weighted by Crippen LogP contribution is 2.20. The number of rotatable bonds is 8. The van der Waals surface area contributed by atoms with Crippen LogP contribution in [-0.2, 0) is 0 Å². The van der Waals surface area contributed by atoms with E-state index in [9.17, 15) is 0 Å². The summed E-state index contributed by atoms with van der Waals surface area (Å²) in [7, 11) is 0. The van der Waals surface area contributed by atoms with Gasteiger partial charge in [0, 0.05) is 12.1 Å². The minimum Gasteiger partial charge on any atom is -0.307 e. The van der Waals surface area contributed by atoms with Crippen LogP contribution in [0, 0.1) is 5.92 Å². The second-order valence-electron chi connectivity index (χ2n) is 5.57. The largest absolute Gasteiger partial charge is 0.307 e. The summed E-state index contributed by atoms with van der Waals surface area (Å²) in [6.07, 6.45) is 4.98. The van der Waals surface area contributed by atoms with Crippen LogP contribution in [0.15, 0.2) is 30.3 Å². The molecule has 102 valence electrons. The molecule has 0 aliphatic heterocycles. The molecule has 0 heterocycles. The normalized spacial score (nSPS) is 16.2. The average Bonchev–Trinajstić information content (AvgIpc) is 2.39. The van der Waals surface area contributed by atoms with E-state index in [1.165, 1.54) is 31.2 Å². The molecule has 1 rings (SSSR count). The van der Waals surface area contributed by atoms with Crippen LogP contribution in [0.2, 0.25) is 0 Å². The summed E-state index contributed by atoms with van der Waals surface area (Å²) in [5, 5.41) is 3.80. The van der Waals surface area contributed by atoms with Crippen molar-refractivity contribution in [2.24, 2.45) is 5.92 Å². The number of benzene rings is 1. The second-order valence-corrected chi connectivity index (χ2v) is 5.57. The van der Waals surface area contributed by atoms with E-state index >= 15 is 0 Å². The Labute approximate surface area is 113 Å². The summed E-state index contributed by atoms with van der Waals surface area (Å²) in [5.41, 5.74) is 1.43. The molecule has 0 saturated carbocycles. The first-order valence-electron chi connectivity index (χ1n) is 7.48. The van der Waals surface area contributed by atoms with E-state index in [1.807, 2.05) is 0 Å². The van der Waals surface area contributed by atoms with Crippen molar-refractivity contribution in [1.82, 2.24) is 5.32 Å². The quantitative estimate of drug-likeness (QED) is 0.686. The van der Waals surface area contributed by atoms with Crippen molar-refractivity contribution in [3.63, 3.8) is 0 Å². The summed E-state index contributed by atoms with van der Waals surface area (Å²) in [6.45, 7) is 9.20. The van der Waals surface area contributed by atoms with Gasteiger partial charge >= 0.3 is 0 Å². The Morgan fingerprint density at radius 2 is 1.72 bits per heavy atom. The maximum atomic E-state index is 3.80. The van der Waals surface area contributed by atoms with E-state index in [2.05, 4.69) is 63.3 Å². The molecule has 1 N–H and O–H groups in total. The van der Waals surface area contributed by atoms with E-state index in [4.69, 9.17) is 0 Å². The molecule has 0 saturated heterocycles. The molecule has 0 amide bonds. The molecule has 0 aliphatic rings. The molecule has 0 radical (unpaired) electrons. The number of hydrogen-bond acceptors (Lipinski definition) is 1. The van der Waals surface area contributed by atoms with Crippen molar-refractivity contribution in [3.05, 3.63) is 35.9 Å². The molecular formula is C17H29N. The fraction of sp³-hybridized carbons (Fsp3) is 0.647. The van der Waals surface area contributed by atoms with Crippen LogP contribution >= 0.6 is 0 Å². The Hall–Kier alpha value is -0.820. The zero-order valence-corrected chi connectivity index (χ0v) is 12.4. The second kappa shape index (κ2) is 8.31. The van der Waals surface area contributed by atoms with Crippen molar-refractivity contribution >= 4 is 0 Å². The third-order valence-electron chi connectivity index (χ3n) is 3.72. The predicted octanol–water partition coefficient (Wildman–Crippen LogP) is 4.94. The van der Waals surface area contributed by atoms with Gasteiger partial charge in [0.05, 0.1) is 0 Å². The first-order chi connectivity index (χ1) is 8.67. The lowest BCUT2D eigenvalue weighted by Gasteiger charge is -2.25. The third-order valence-corrected chi connectivity index (χ3v) is 3.72. The summed E-state index contributed by atoms with van der Waals surface area (Å²) in [4.78, 5) is 0. The molecule has 0 aromatic heterocycles. The molecule has 3 unspecified atom stereocenters. The van der Waals surface area contributed by atoms with E-state index < -0.39 is 0 Å². The minimum absolute atomic E-state index is 0.509. The number of hydrogen-bond donors (Lipinski definition) is 1. The lowest BCUT2D eigenvalue weighted by atomic mass is 9.97. The summed E-state index contributed by atoms with van der Waals surface area (Å²) < 4.78 is 0. The Bertz CT molecular complexity index is 307. The van der Waals surface area contributed by atoms with Gasteiger partial charge in [0.1, 0.15) is 0 Å². The van der Waals surface area contributed by atoms with Crippen molar-refractivity contribution < 1.29 is 0 Å². The molecule has 0 bridgehead atoms. The van der Waals surface area contributed by atoms with Crippen LogP contribution in [0.3, 0.4) is 0 Å². The van der Waals surface area contributed by atoms with Gasteiger partial charge in [-0.1, -0.05) is 63.9 Å². The van der Waals surface area contributed by atoms with E-state index in [0.29, 0.717) is 12.1 Å². The molecule has 1 aromatic rings. The lowest BCUT2D eigenvalue weighted by Crippen LogP contribution is -2.31. The van der Waals surface area contributed by atoms with Gasteiger partial charge in [-0.25, -0.2) is 0 Å². The molecule has 18 heavy (non-hydrogen) atoms. The highest BCUT2D eigenvalue weighted by molar-refractivity contribution is 5.18. The SMILES string of the molecule is CCCC(NC(C)CC(C)CC)c1ccccc1. The van der Waals surface area contributed by atoms with Crippen LogP contribution in [0.25, 0.3) is 0 Å². The van der Waals surface area contributed by atoms with E-state index in [0.717, 1.165) is 5.92 Å². The van der Waals surface area contributed by atoms with Gasteiger partial charge in [-0.2, -0.15) is 0 Å². The fourth-order valence-electron chi connectivity index (χ4n) is 2.50. The van der Waals surface area contributed by atoms with Gasteiger partial charge in [0.2, 0.25) is 0 Å². The highest BCUT2D eigenvalue weighted by atomic mass is 14.9. The summed E-state index contributed by atoms with van der Waals surface area (Å²) >= 11 is 0. The monoisotopic (exact) mass is 247 g/mol. The molecule has 1 aromatic carbocycles. The third kappa shape index (κ3) is 5.22. The maximum Gasteiger partial charge on any atom is 0.0322 e. The van der Waals surface area contributed by atoms with Crippen molar-refractivity contribution in [2.45, 2.75) is 65.5 Å². The van der Waals surface area contributed by atoms with Gasteiger partial charge in [-0.3, -0.25) is 0 Å². The molecule has 0 fully saturated rings. The molecule has 1 heteroatoms. The van der Waals surface area contributed by atoms with Crippen LogP contribution < -0.4 is 5.32 Å². The smallest absolute Gasteiger partial charge is 0.0322 e. The number of nitrogens with one attached hydrogen (secondary N) is 1. The topological polar surface area (TPSA) is 12.0 Å². The van der Waals surface area contributed by atoms with Gasteiger partial charge in [0.25, 0.3) is 0 Å². The Kier molecular flexibility index (Phi) is 7.04. The van der Waals surface area contributed by atoms with E-state index in [1.54, 1.807) is 0 Å². The van der Waals surface area contributed by atoms with Gasteiger partial charge in [-0.05, 0) is 31.2 Å². The minimum atomic E-state index is 0.509. The Morgan fingerprint density at radius 3 is 2.28 bits per heavy atom. The highest BCUT2D eigenvalue weighted by Gasteiger charge is 2.14. The molecular weight excluding hydrogens is 218 g/mol. The maximum absolute atomic E-state index is 3.80. The first-order valence-corrected chi connectivity index (χ1v) is 7.48. The molecule has 0 aliphatic carbocycles. The first kappa shape index (κ1) is 15.2. The Morgan fingerprint density at radius 1 is 1.06 bits per heavy atom. The molecule has 3 atom stereocenters. The standard InChI is InChI=1S/C17H29N/c1-5-10-17(16-11-8-7-9-12-16)18-15(4)13-14(3)6-2/h7-9,11-12,14-15,17-18H,5-6,10,13H2,1-4H3. The van der Waals surface area contributed by atoms with Gasteiger partial charge in [-0.15, -0.1) is 0 Å². The zero-order chi connectivity index (χ0) is 13.4. The van der Waals surface area contributed by atoms with Crippen molar-refractivity contribution in [3.8, 4) is 0 Å². The molecule has 1 nitrogen and oxygen atoms in total. The van der Waals surface area contributed by atoms with Crippen LogP contribution in [0.4, 0.5) is 0 Å². The fourth-order valence-corrected chi connectivity index (χ4v) is 2.50. The predicted molar refractivity (Wildman–Crippen MR) is 80.8 cm³/mol. The van der Waals surface area contributed by atoms with Crippen LogP contribution in [-0.4, -0.2) is 6.04 Å². The summed E-state index contributed by atoms with van der Waals surface area (Å²) in [6, 6.07) is 12.0. The van der Waals surface area contributed by atoms with E-state index in [-0.39, 0.29) is 0 Å². The lowest BCUT2D eigenvalue weighted by molar-refractivity contribution is 0.364. The van der Waals surface area contributed by atoms with Gasteiger partial charge in [0.15, 0.2) is 0 Å². The van der Waals surface area contributed by atoms with Crippen LogP contribution in [0.1, 0.15) is 65.0 Å². The van der Waals surface area contributed by atoms with Crippen molar-refractivity contribution in [1.29, 1.82) is 0 Å². The van der Waals surface area contributed by atoms with Crippen LogP contribution in [0.5, 0.6) is 0 Å².